The Morgan fingerprint density at radius 1 is 0.400 bits per heavy atom. The largest absolute Gasteiger partial charge is 0.466 e. The zero-order valence-corrected chi connectivity index (χ0v) is 38.6. The Morgan fingerprint density at radius 3 is 0.891 bits per heavy atom. The van der Waals surface area contributed by atoms with Gasteiger partial charge in [-0.25, -0.2) is 0 Å². The standard InChI is InChI=1S/C45H86N2O8/c1-17-29-52-36(48)19-25-46(26-20-37(49)53-33-43(11,12)30-40(2,3)4)23-18-24-47(27-21-38(50)54-34-44(13,14)31-41(5,6)7)28-22-39(51)55-35-45(15,16)32-42(8,9)10/h17-35H2,1-16H3. The zero-order valence-electron chi connectivity index (χ0n) is 38.6. The molecule has 0 fully saturated rings. The third-order valence-corrected chi connectivity index (χ3v) is 8.84. The van der Waals surface area contributed by atoms with E-state index >= 15 is 0 Å². The van der Waals surface area contributed by atoms with Crippen LogP contribution in [-0.4, -0.2) is 99.4 Å². The molecule has 0 saturated carbocycles. The first-order valence-electron chi connectivity index (χ1n) is 21.0. The number of rotatable bonds is 27. The molecule has 10 nitrogen and oxygen atoms in total. The lowest BCUT2D eigenvalue weighted by Gasteiger charge is -2.32. The van der Waals surface area contributed by atoms with E-state index in [1.807, 2.05) is 6.92 Å². The highest BCUT2D eigenvalue weighted by Crippen LogP contribution is 2.35. The van der Waals surface area contributed by atoms with Crippen LogP contribution in [0.4, 0.5) is 0 Å². The van der Waals surface area contributed by atoms with E-state index in [2.05, 4.69) is 114 Å². The summed E-state index contributed by atoms with van der Waals surface area (Å²) in [5.41, 5.74) is -0.0461. The highest BCUT2D eigenvalue weighted by molar-refractivity contribution is 5.71. The normalized spacial score (nSPS) is 13.3. The lowest BCUT2D eigenvalue weighted by Crippen LogP contribution is -2.35. The van der Waals surface area contributed by atoms with Gasteiger partial charge in [0.2, 0.25) is 0 Å². The fourth-order valence-corrected chi connectivity index (χ4v) is 7.98. The second-order valence-corrected chi connectivity index (χ2v) is 21.9. The van der Waals surface area contributed by atoms with Crippen molar-refractivity contribution >= 4 is 23.9 Å². The molecule has 55 heavy (non-hydrogen) atoms. The van der Waals surface area contributed by atoms with Crippen LogP contribution in [0, 0.1) is 32.5 Å². The summed E-state index contributed by atoms with van der Waals surface area (Å²) in [5, 5.41) is 0. The van der Waals surface area contributed by atoms with Gasteiger partial charge in [-0.1, -0.05) is 111 Å². The Bertz CT molecular complexity index is 1090. The molecule has 0 rings (SSSR count). The predicted octanol–water partition coefficient (Wildman–Crippen LogP) is 9.51. The summed E-state index contributed by atoms with van der Waals surface area (Å²) in [6.07, 6.45) is 5.11. The van der Waals surface area contributed by atoms with Gasteiger partial charge in [-0.2, -0.15) is 0 Å². The second kappa shape index (κ2) is 23.9. The molecule has 0 aliphatic heterocycles. The van der Waals surface area contributed by atoms with Crippen LogP contribution in [0.25, 0.3) is 0 Å². The number of esters is 4. The molecular weight excluding hydrogens is 697 g/mol. The van der Waals surface area contributed by atoms with E-state index in [1.54, 1.807) is 0 Å². The fourth-order valence-electron chi connectivity index (χ4n) is 7.98. The summed E-state index contributed by atoms with van der Waals surface area (Å²) >= 11 is 0. The topological polar surface area (TPSA) is 112 Å². The Labute approximate surface area is 337 Å². The predicted molar refractivity (Wildman–Crippen MR) is 224 cm³/mol. The van der Waals surface area contributed by atoms with E-state index < -0.39 is 0 Å². The number of ether oxygens (including phenoxy) is 4. The highest BCUT2D eigenvalue weighted by Gasteiger charge is 2.29. The SMILES string of the molecule is CCCOC(=O)CCN(CCCN(CCC(=O)OCC(C)(C)CC(C)(C)C)CCC(=O)OCC(C)(C)CC(C)(C)C)CCC(=O)OCC(C)(C)CC(C)(C)C. The van der Waals surface area contributed by atoms with E-state index in [0.717, 1.165) is 25.7 Å². The second-order valence-electron chi connectivity index (χ2n) is 21.9. The molecule has 0 N–H and O–H groups in total. The molecule has 0 aliphatic rings. The van der Waals surface area contributed by atoms with Crippen molar-refractivity contribution in [3.05, 3.63) is 0 Å². The Morgan fingerprint density at radius 2 is 0.655 bits per heavy atom. The molecular formula is C45H86N2O8. The first-order chi connectivity index (χ1) is 24.9. The van der Waals surface area contributed by atoms with Gasteiger partial charge in [0.1, 0.15) is 0 Å². The lowest BCUT2D eigenvalue weighted by atomic mass is 9.77. The van der Waals surface area contributed by atoms with Gasteiger partial charge in [-0.05, 0) is 77.7 Å². The third-order valence-electron chi connectivity index (χ3n) is 8.84. The molecule has 0 amide bonds. The van der Waals surface area contributed by atoms with Gasteiger partial charge in [0.05, 0.1) is 52.1 Å². The molecule has 324 valence electrons. The van der Waals surface area contributed by atoms with E-state index in [0.29, 0.717) is 72.1 Å². The van der Waals surface area contributed by atoms with Gasteiger partial charge in [-0.3, -0.25) is 19.2 Å². The Balaban J connectivity index is 5.58. The zero-order chi connectivity index (χ0) is 42.7. The molecule has 0 aliphatic carbocycles. The first kappa shape index (κ1) is 52.8. The summed E-state index contributed by atoms with van der Waals surface area (Å²) in [7, 11) is 0. The summed E-state index contributed by atoms with van der Waals surface area (Å²) in [6.45, 7) is 38.8. The lowest BCUT2D eigenvalue weighted by molar-refractivity contribution is -0.149. The van der Waals surface area contributed by atoms with Gasteiger partial charge in [-0.15, -0.1) is 0 Å². The van der Waals surface area contributed by atoms with Gasteiger partial charge in [0.15, 0.2) is 0 Å². The van der Waals surface area contributed by atoms with Crippen molar-refractivity contribution in [1.29, 1.82) is 0 Å². The van der Waals surface area contributed by atoms with Crippen molar-refractivity contribution in [3.8, 4) is 0 Å². The number of carbonyl (C=O) groups is 4. The quantitative estimate of drug-likeness (QED) is 0.0590. The molecule has 0 aromatic carbocycles. The maximum atomic E-state index is 12.9. The van der Waals surface area contributed by atoms with Crippen molar-refractivity contribution in [3.63, 3.8) is 0 Å². The molecule has 0 bridgehead atoms. The molecule has 0 aromatic rings. The maximum Gasteiger partial charge on any atom is 0.307 e. The van der Waals surface area contributed by atoms with Gasteiger partial charge in [0.25, 0.3) is 0 Å². The Kier molecular flexibility index (Phi) is 22.9. The van der Waals surface area contributed by atoms with E-state index in [4.69, 9.17) is 18.9 Å². The van der Waals surface area contributed by atoms with Crippen LogP contribution in [0.1, 0.15) is 169 Å². The first-order valence-corrected chi connectivity index (χ1v) is 21.0. The number of hydrogen-bond acceptors (Lipinski definition) is 10. The van der Waals surface area contributed by atoms with Crippen LogP contribution in [-0.2, 0) is 38.1 Å². The number of nitrogens with zero attached hydrogens (tertiary/aromatic N) is 2. The molecule has 0 atom stereocenters. The van der Waals surface area contributed by atoms with E-state index in [1.165, 1.54) is 0 Å². The Hall–Kier alpha value is -2.20. The van der Waals surface area contributed by atoms with Crippen LogP contribution >= 0.6 is 0 Å². The molecule has 10 heteroatoms. The molecule has 0 aromatic heterocycles. The average molecular weight is 783 g/mol. The number of hydrogen-bond donors (Lipinski definition) is 0. The minimum Gasteiger partial charge on any atom is -0.466 e. The average Bonchev–Trinajstić information content (AvgIpc) is 2.99. The third kappa shape index (κ3) is 31.6. The summed E-state index contributed by atoms with van der Waals surface area (Å²) in [4.78, 5) is 55.3. The van der Waals surface area contributed by atoms with Crippen molar-refractivity contribution < 1.29 is 38.1 Å². The fraction of sp³-hybridized carbons (Fsp3) is 0.911. The van der Waals surface area contributed by atoms with Crippen LogP contribution in [0.2, 0.25) is 0 Å². The van der Waals surface area contributed by atoms with E-state index in [-0.39, 0.29) is 82.1 Å². The molecule has 0 radical (unpaired) electrons. The minimum atomic E-state index is -0.256. The van der Waals surface area contributed by atoms with Crippen LogP contribution in [0.3, 0.4) is 0 Å². The summed E-state index contributed by atoms with van der Waals surface area (Å²) < 4.78 is 22.5. The smallest absolute Gasteiger partial charge is 0.307 e. The van der Waals surface area contributed by atoms with Gasteiger partial charge in [0, 0.05) is 26.2 Å². The molecule has 0 heterocycles. The van der Waals surface area contributed by atoms with Crippen molar-refractivity contribution in [1.82, 2.24) is 9.80 Å². The molecule has 0 unspecified atom stereocenters. The van der Waals surface area contributed by atoms with Gasteiger partial charge >= 0.3 is 23.9 Å². The number of carbonyl (C=O) groups excluding carboxylic acids is 4. The van der Waals surface area contributed by atoms with Crippen molar-refractivity contribution in [2.24, 2.45) is 32.5 Å². The molecule has 0 spiro atoms. The van der Waals surface area contributed by atoms with Crippen molar-refractivity contribution in [2.75, 3.05) is 65.7 Å². The summed E-state index contributed by atoms with van der Waals surface area (Å²) in [6, 6.07) is 0. The van der Waals surface area contributed by atoms with Crippen molar-refractivity contribution in [2.45, 2.75) is 169 Å². The minimum absolute atomic E-state index is 0.121. The van der Waals surface area contributed by atoms with Crippen LogP contribution < -0.4 is 0 Å². The highest BCUT2D eigenvalue weighted by atomic mass is 16.5. The van der Waals surface area contributed by atoms with Crippen LogP contribution in [0.5, 0.6) is 0 Å². The maximum absolute atomic E-state index is 12.9. The van der Waals surface area contributed by atoms with Crippen LogP contribution in [0.15, 0.2) is 0 Å². The monoisotopic (exact) mass is 783 g/mol. The molecule has 0 saturated heterocycles. The van der Waals surface area contributed by atoms with Gasteiger partial charge < -0.3 is 28.7 Å². The van der Waals surface area contributed by atoms with E-state index in [9.17, 15) is 19.2 Å². The summed E-state index contributed by atoms with van der Waals surface area (Å²) in [5.74, 6) is -1.02.